The summed E-state index contributed by atoms with van der Waals surface area (Å²) in [4.78, 5) is 13.5. The number of aromatic carboxylic acids is 1. The fraction of sp³-hybridized carbons (Fsp3) is 0.500. The van der Waals surface area contributed by atoms with Crippen LogP contribution in [0.2, 0.25) is 0 Å². The van der Waals surface area contributed by atoms with Gasteiger partial charge in [0, 0.05) is 19.7 Å². The molecule has 0 aliphatic heterocycles. The zero-order chi connectivity index (χ0) is 13.1. The first-order chi connectivity index (χ1) is 8.65. The Morgan fingerprint density at radius 2 is 2.22 bits per heavy atom. The highest BCUT2D eigenvalue weighted by molar-refractivity contribution is 5.95. The van der Waals surface area contributed by atoms with E-state index in [0.717, 1.165) is 30.6 Å². The topological polar surface area (TPSA) is 49.8 Å². The number of aryl methyl sites for hydroxylation is 1. The molecule has 1 aromatic carbocycles. The summed E-state index contributed by atoms with van der Waals surface area (Å²) in [5.41, 5.74) is 2.25. The molecule has 1 fully saturated rings. The predicted molar refractivity (Wildman–Crippen MR) is 70.4 cm³/mol. The van der Waals surface area contributed by atoms with Gasteiger partial charge in [-0.15, -0.1) is 0 Å². The van der Waals surface area contributed by atoms with Crippen LogP contribution in [0.25, 0.3) is 0 Å². The second-order valence-electron chi connectivity index (χ2n) is 4.69. The highest BCUT2D eigenvalue weighted by Crippen LogP contribution is 2.35. The second-order valence-corrected chi connectivity index (χ2v) is 4.69. The molecule has 0 amide bonds. The van der Waals surface area contributed by atoms with Gasteiger partial charge in [0.25, 0.3) is 0 Å². The van der Waals surface area contributed by atoms with Gasteiger partial charge in [0.1, 0.15) is 0 Å². The molecule has 4 heteroatoms. The fourth-order valence-corrected chi connectivity index (χ4v) is 2.27. The highest BCUT2D eigenvalue weighted by Gasteiger charge is 2.31. The lowest BCUT2D eigenvalue weighted by atomic mass is 10.1. The third-order valence-electron chi connectivity index (χ3n) is 3.28. The molecule has 18 heavy (non-hydrogen) atoms. The van der Waals surface area contributed by atoms with E-state index in [1.54, 1.807) is 19.2 Å². The van der Waals surface area contributed by atoms with E-state index in [0.29, 0.717) is 18.2 Å². The first kappa shape index (κ1) is 12.9. The summed E-state index contributed by atoms with van der Waals surface area (Å²) in [5, 5.41) is 9.31. The van der Waals surface area contributed by atoms with Crippen LogP contribution in [-0.4, -0.2) is 37.4 Å². The SMILES string of the molecule is COCCN(c1c(C)cccc1C(=O)O)C1CC1. The van der Waals surface area contributed by atoms with Crippen molar-refractivity contribution in [3.05, 3.63) is 29.3 Å². The average molecular weight is 249 g/mol. The minimum atomic E-state index is -0.864. The number of methoxy groups -OCH3 is 1. The second kappa shape index (κ2) is 5.40. The van der Waals surface area contributed by atoms with Crippen molar-refractivity contribution in [2.75, 3.05) is 25.2 Å². The van der Waals surface area contributed by atoms with Crippen LogP contribution < -0.4 is 4.90 Å². The number of carboxylic acid groups (broad SMARTS) is 1. The van der Waals surface area contributed by atoms with Crippen LogP contribution in [0.1, 0.15) is 28.8 Å². The average Bonchev–Trinajstić information content (AvgIpc) is 3.15. The summed E-state index contributed by atoms with van der Waals surface area (Å²) >= 11 is 0. The number of benzene rings is 1. The van der Waals surface area contributed by atoms with Crippen molar-refractivity contribution in [2.45, 2.75) is 25.8 Å². The van der Waals surface area contributed by atoms with E-state index in [1.807, 2.05) is 13.0 Å². The van der Waals surface area contributed by atoms with Crippen LogP contribution >= 0.6 is 0 Å². The van der Waals surface area contributed by atoms with Crippen molar-refractivity contribution in [2.24, 2.45) is 0 Å². The molecular formula is C14H19NO3. The van der Waals surface area contributed by atoms with Crippen molar-refractivity contribution >= 4 is 11.7 Å². The van der Waals surface area contributed by atoms with E-state index < -0.39 is 5.97 Å². The first-order valence-electron chi connectivity index (χ1n) is 6.23. The summed E-state index contributed by atoms with van der Waals surface area (Å²) in [6.07, 6.45) is 2.27. The van der Waals surface area contributed by atoms with E-state index in [-0.39, 0.29) is 0 Å². The Bertz CT molecular complexity index is 441. The molecule has 2 rings (SSSR count). The number of nitrogens with zero attached hydrogens (tertiary/aromatic N) is 1. The van der Waals surface area contributed by atoms with Gasteiger partial charge in [0.15, 0.2) is 0 Å². The van der Waals surface area contributed by atoms with Gasteiger partial charge in [0.05, 0.1) is 17.9 Å². The van der Waals surface area contributed by atoms with Crippen molar-refractivity contribution in [3.8, 4) is 0 Å². The van der Waals surface area contributed by atoms with Crippen LogP contribution in [-0.2, 0) is 4.74 Å². The van der Waals surface area contributed by atoms with Crippen LogP contribution in [0.3, 0.4) is 0 Å². The minimum absolute atomic E-state index is 0.387. The van der Waals surface area contributed by atoms with Gasteiger partial charge in [-0.25, -0.2) is 4.79 Å². The Morgan fingerprint density at radius 3 is 2.78 bits per heavy atom. The smallest absolute Gasteiger partial charge is 0.337 e. The molecule has 4 nitrogen and oxygen atoms in total. The van der Waals surface area contributed by atoms with E-state index in [1.165, 1.54) is 0 Å². The summed E-state index contributed by atoms with van der Waals surface area (Å²) in [6.45, 7) is 3.32. The molecule has 0 unspecified atom stereocenters. The molecule has 1 saturated carbocycles. The largest absolute Gasteiger partial charge is 0.478 e. The third kappa shape index (κ3) is 2.64. The van der Waals surface area contributed by atoms with Crippen LogP contribution in [0.5, 0.6) is 0 Å². The number of para-hydroxylation sites is 1. The number of rotatable bonds is 6. The van der Waals surface area contributed by atoms with E-state index in [4.69, 9.17) is 4.74 Å². The Kier molecular flexibility index (Phi) is 3.87. The van der Waals surface area contributed by atoms with Gasteiger partial charge < -0.3 is 14.7 Å². The van der Waals surface area contributed by atoms with E-state index >= 15 is 0 Å². The Labute approximate surface area is 107 Å². The third-order valence-corrected chi connectivity index (χ3v) is 3.28. The molecule has 0 heterocycles. The maximum absolute atomic E-state index is 11.3. The maximum Gasteiger partial charge on any atom is 0.337 e. The normalized spacial score (nSPS) is 14.6. The lowest BCUT2D eigenvalue weighted by molar-refractivity contribution is 0.0697. The summed E-state index contributed by atoms with van der Waals surface area (Å²) in [7, 11) is 1.67. The van der Waals surface area contributed by atoms with Gasteiger partial charge in [-0.3, -0.25) is 0 Å². The quantitative estimate of drug-likeness (QED) is 0.840. The fourth-order valence-electron chi connectivity index (χ4n) is 2.27. The van der Waals surface area contributed by atoms with Gasteiger partial charge in [-0.05, 0) is 31.4 Å². The summed E-state index contributed by atoms with van der Waals surface area (Å²) in [5.74, 6) is -0.864. The number of carboxylic acids is 1. The molecule has 1 aromatic rings. The Hall–Kier alpha value is -1.55. The molecule has 0 aromatic heterocycles. The van der Waals surface area contributed by atoms with Gasteiger partial charge >= 0.3 is 5.97 Å². The zero-order valence-corrected chi connectivity index (χ0v) is 10.8. The number of ether oxygens (including phenoxy) is 1. The van der Waals surface area contributed by atoms with Gasteiger partial charge in [0.2, 0.25) is 0 Å². The minimum Gasteiger partial charge on any atom is -0.478 e. The molecule has 0 bridgehead atoms. The van der Waals surface area contributed by atoms with Crippen LogP contribution in [0, 0.1) is 6.92 Å². The maximum atomic E-state index is 11.3. The number of hydrogen-bond acceptors (Lipinski definition) is 3. The van der Waals surface area contributed by atoms with Crippen molar-refractivity contribution in [3.63, 3.8) is 0 Å². The molecule has 98 valence electrons. The van der Waals surface area contributed by atoms with E-state index in [9.17, 15) is 9.90 Å². The van der Waals surface area contributed by atoms with Crippen LogP contribution in [0.15, 0.2) is 18.2 Å². The zero-order valence-electron chi connectivity index (χ0n) is 10.8. The Morgan fingerprint density at radius 1 is 1.50 bits per heavy atom. The number of anilines is 1. The van der Waals surface area contributed by atoms with Gasteiger partial charge in [-0.2, -0.15) is 0 Å². The highest BCUT2D eigenvalue weighted by atomic mass is 16.5. The molecular weight excluding hydrogens is 230 g/mol. The molecule has 1 aliphatic carbocycles. The molecule has 0 spiro atoms. The lowest BCUT2D eigenvalue weighted by Crippen LogP contribution is -2.31. The molecule has 0 atom stereocenters. The predicted octanol–water partition coefficient (Wildman–Crippen LogP) is 2.31. The number of hydrogen-bond donors (Lipinski definition) is 1. The van der Waals surface area contributed by atoms with Crippen molar-refractivity contribution < 1.29 is 14.6 Å². The molecule has 1 aliphatic rings. The van der Waals surface area contributed by atoms with Crippen molar-refractivity contribution in [1.82, 2.24) is 0 Å². The van der Waals surface area contributed by atoms with Crippen molar-refractivity contribution in [1.29, 1.82) is 0 Å². The molecule has 0 radical (unpaired) electrons. The van der Waals surface area contributed by atoms with Crippen LogP contribution in [0.4, 0.5) is 5.69 Å². The standard InChI is InChI=1S/C14H19NO3/c1-10-4-3-5-12(14(16)17)13(10)15(8-9-18-2)11-6-7-11/h3-5,11H,6-9H2,1-2H3,(H,16,17). The van der Waals surface area contributed by atoms with Gasteiger partial charge in [-0.1, -0.05) is 12.1 Å². The molecule has 0 saturated heterocycles. The monoisotopic (exact) mass is 249 g/mol. The number of carbonyl (C=O) groups is 1. The lowest BCUT2D eigenvalue weighted by Gasteiger charge is -2.27. The first-order valence-corrected chi connectivity index (χ1v) is 6.23. The summed E-state index contributed by atoms with van der Waals surface area (Å²) in [6, 6.07) is 5.90. The van der Waals surface area contributed by atoms with E-state index in [2.05, 4.69) is 4.90 Å². The molecule has 1 N–H and O–H groups in total. The summed E-state index contributed by atoms with van der Waals surface area (Å²) < 4.78 is 5.12. The Balaban J connectivity index is 2.36.